The molecule has 0 spiro atoms. The Hall–Kier alpha value is -0.420. The number of alkyl halides is 2. The Balaban J connectivity index is 0.00000162. The molecule has 0 radical (unpaired) electrons. The van der Waals surface area contributed by atoms with Crippen molar-refractivity contribution in [2.45, 2.75) is 51.0 Å². The minimum absolute atomic E-state index is 0. The summed E-state index contributed by atoms with van der Waals surface area (Å²) in [5.41, 5.74) is 0.233. The van der Waals surface area contributed by atoms with Crippen molar-refractivity contribution >= 4 is 18.3 Å². The van der Waals surface area contributed by atoms with Gasteiger partial charge in [-0.25, -0.2) is 8.78 Å². The van der Waals surface area contributed by atoms with E-state index in [1.54, 1.807) is 0 Å². The molecule has 6 heteroatoms. The fourth-order valence-electron chi connectivity index (χ4n) is 2.63. The van der Waals surface area contributed by atoms with Crippen molar-refractivity contribution in [3.63, 3.8) is 0 Å². The van der Waals surface area contributed by atoms with Gasteiger partial charge >= 0.3 is 0 Å². The Morgan fingerprint density at radius 1 is 1.44 bits per heavy atom. The first kappa shape index (κ1) is 15.6. The lowest BCUT2D eigenvalue weighted by Crippen LogP contribution is -2.47. The Labute approximate surface area is 112 Å². The third-order valence-corrected chi connectivity index (χ3v) is 4.23. The Kier molecular flexibility index (Phi) is 4.95. The van der Waals surface area contributed by atoms with E-state index < -0.39 is 12.0 Å². The molecule has 0 aromatic rings. The minimum Gasteiger partial charge on any atom is -0.354 e. The van der Waals surface area contributed by atoms with Crippen LogP contribution in [0.4, 0.5) is 8.78 Å². The minimum atomic E-state index is -2.74. The van der Waals surface area contributed by atoms with Gasteiger partial charge in [0.25, 0.3) is 5.92 Å². The molecular weight excluding hydrogens is 262 g/mol. The highest BCUT2D eigenvalue weighted by atomic mass is 35.5. The van der Waals surface area contributed by atoms with Crippen molar-refractivity contribution in [1.82, 2.24) is 10.6 Å². The maximum absolute atomic E-state index is 12.9. The quantitative estimate of drug-likeness (QED) is 0.829. The van der Waals surface area contributed by atoms with E-state index in [1.165, 1.54) is 6.42 Å². The fraction of sp³-hybridized carbons (Fsp3) is 0.917. The highest BCUT2D eigenvalue weighted by Gasteiger charge is 2.43. The zero-order valence-electron chi connectivity index (χ0n) is 10.6. The first-order chi connectivity index (χ1) is 7.96. The van der Waals surface area contributed by atoms with E-state index in [4.69, 9.17) is 0 Å². The second kappa shape index (κ2) is 5.70. The van der Waals surface area contributed by atoms with Crippen LogP contribution in [0.2, 0.25) is 0 Å². The van der Waals surface area contributed by atoms with E-state index in [0.29, 0.717) is 6.54 Å². The molecule has 2 fully saturated rings. The van der Waals surface area contributed by atoms with Gasteiger partial charge in [0.05, 0.1) is 12.6 Å². The summed E-state index contributed by atoms with van der Waals surface area (Å²) in [7, 11) is 0. The predicted molar refractivity (Wildman–Crippen MR) is 68.2 cm³/mol. The van der Waals surface area contributed by atoms with Crippen LogP contribution in [-0.2, 0) is 4.79 Å². The molecule has 2 rings (SSSR count). The molecule has 1 atom stereocenters. The van der Waals surface area contributed by atoms with Crippen LogP contribution in [0, 0.1) is 5.41 Å². The summed E-state index contributed by atoms with van der Waals surface area (Å²) in [6.07, 6.45) is 4.15. The van der Waals surface area contributed by atoms with E-state index >= 15 is 0 Å². The maximum Gasteiger partial charge on any atom is 0.262 e. The Morgan fingerprint density at radius 3 is 2.50 bits per heavy atom. The molecule has 1 aliphatic heterocycles. The molecule has 1 heterocycles. The third kappa shape index (κ3) is 3.32. The van der Waals surface area contributed by atoms with Crippen molar-refractivity contribution in [3.05, 3.63) is 0 Å². The van der Waals surface area contributed by atoms with Crippen molar-refractivity contribution in [3.8, 4) is 0 Å². The first-order valence-corrected chi connectivity index (χ1v) is 6.35. The van der Waals surface area contributed by atoms with Crippen LogP contribution in [0.15, 0.2) is 0 Å². The summed E-state index contributed by atoms with van der Waals surface area (Å²) in [6.45, 7) is 2.36. The lowest BCUT2D eigenvalue weighted by molar-refractivity contribution is -0.124. The Morgan fingerprint density at radius 2 is 2.11 bits per heavy atom. The molecule has 1 saturated carbocycles. The van der Waals surface area contributed by atoms with E-state index in [-0.39, 0.29) is 36.7 Å². The topological polar surface area (TPSA) is 41.1 Å². The summed E-state index contributed by atoms with van der Waals surface area (Å²) >= 11 is 0. The maximum atomic E-state index is 12.9. The number of amides is 1. The van der Waals surface area contributed by atoms with Crippen LogP contribution in [0.25, 0.3) is 0 Å². The Bertz CT molecular complexity index is 303. The second-order valence-corrected chi connectivity index (χ2v) is 5.42. The number of nitrogens with one attached hydrogen (secondary N) is 2. The van der Waals surface area contributed by atoms with Gasteiger partial charge in [-0.3, -0.25) is 10.1 Å². The summed E-state index contributed by atoms with van der Waals surface area (Å²) < 4.78 is 25.9. The molecule has 0 aromatic carbocycles. The number of hydrogen-bond donors (Lipinski definition) is 2. The molecule has 1 aliphatic carbocycles. The first-order valence-electron chi connectivity index (χ1n) is 6.35. The molecule has 2 N–H and O–H groups in total. The van der Waals surface area contributed by atoms with E-state index in [1.807, 2.05) is 0 Å². The molecule has 106 valence electrons. The molecule has 2 aliphatic rings. The van der Waals surface area contributed by atoms with Gasteiger partial charge in [-0.2, -0.15) is 0 Å². The van der Waals surface area contributed by atoms with Crippen molar-refractivity contribution in [2.24, 2.45) is 5.41 Å². The lowest BCUT2D eigenvalue weighted by Gasteiger charge is -2.41. The number of hydrogen-bond acceptors (Lipinski definition) is 2. The number of carbonyl (C=O) groups excluding carboxylic acids is 1. The second-order valence-electron chi connectivity index (χ2n) is 5.42. The van der Waals surface area contributed by atoms with Gasteiger partial charge in [-0.05, 0) is 24.7 Å². The number of carbonyl (C=O) groups is 1. The molecule has 0 bridgehead atoms. The zero-order chi connectivity index (χ0) is 12.5. The summed E-state index contributed by atoms with van der Waals surface area (Å²) in [4.78, 5) is 11.7. The average molecular weight is 283 g/mol. The van der Waals surface area contributed by atoms with E-state index in [9.17, 15) is 13.6 Å². The van der Waals surface area contributed by atoms with Crippen LogP contribution < -0.4 is 10.6 Å². The molecule has 3 nitrogen and oxygen atoms in total. The summed E-state index contributed by atoms with van der Waals surface area (Å²) in [5, 5.41) is 5.40. The van der Waals surface area contributed by atoms with Crippen LogP contribution in [0.5, 0.6) is 0 Å². The van der Waals surface area contributed by atoms with E-state index in [0.717, 1.165) is 19.3 Å². The highest BCUT2D eigenvalue weighted by Crippen LogP contribution is 2.43. The van der Waals surface area contributed by atoms with Crippen molar-refractivity contribution in [1.29, 1.82) is 0 Å². The fourth-order valence-corrected chi connectivity index (χ4v) is 2.63. The van der Waals surface area contributed by atoms with Crippen LogP contribution >= 0.6 is 12.4 Å². The largest absolute Gasteiger partial charge is 0.354 e. The van der Waals surface area contributed by atoms with Gasteiger partial charge in [-0.1, -0.05) is 13.3 Å². The summed E-state index contributed by atoms with van der Waals surface area (Å²) in [5.74, 6) is -3.01. The smallest absolute Gasteiger partial charge is 0.262 e. The predicted octanol–water partition coefficient (Wildman–Crippen LogP) is 2.10. The van der Waals surface area contributed by atoms with E-state index in [2.05, 4.69) is 17.6 Å². The molecule has 18 heavy (non-hydrogen) atoms. The van der Waals surface area contributed by atoms with Gasteiger partial charge in [0.2, 0.25) is 5.91 Å². The number of halogens is 3. The highest BCUT2D eigenvalue weighted by molar-refractivity contribution is 5.85. The average Bonchev–Trinajstić information content (AvgIpc) is 2.58. The van der Waals surface area contributed by atoms with Crippen LogP contribution in [0.1, 0.15) is 39.0 Å². The lowest BCUT2D eigenvalue weighted by atomic mass is 9.67. The standard InChI is InChI=1S/C12H20F2N2O.ClH/c1-2-11(4-3-5-11)7-16-10(17)9-6-12(13,14)8-15-9;/h9,15H,2-8H2,1H3,(H,16,17);1H. The summed E-state index contributed by atoms with van der Waals surface area (Å²) in [6, 6.07) is -0.723. The molecule has 0 aromatic heterocycles. The van der Waals surface area contributed by atoms with Gasteiger partial charge in [0, 0.05) is 13.0 Å². The zero-order valence-corrected chi connectivity index (χ0v) is 11.4. The van der Waals surface area contributed by atoms with Gasteiger partial charge in [-0.15, -0.1) is 12.4 Å². The van der Waals surface area contributed by atoms with Gasteiger partial charge in [0.1, 0.15) is 0 Å². The molecule has 1 amide bonds. The number of rotatable bonds is 4. The third-order valence-electron chi connectivity index (χ3n) is 4.23. The van der Waals surface area contributed by atoms with Crippen molar-refractivity contribution in [2.75, 3.05) is 13.1 Å². The molecular formula is C12H21ClF2N2O. The SMILES string of the molecule is CCC1(CNC(=O)C2CC(F)(F)CN2)CCC1.Cl. The van der Waals surface area contributed by atoms with Crippen molar-refractivity contribution < 1.29 is 13.6 Å². The molecule has 1 unspecified atom stereocenters. The molecule has 1 saturated heterocycles. The van der Waals surface area contributed by atoms with Crippen LogP contribution in [0.3, 0.4) is 0 Å². The van der Waals surface area contributed by atoms with Gasteiger partial charge < -0.3 is 5.32 Å². The monoisotopic (exact) mass is 282 g/mol. The van der Waals surface area contributed by atoms with Gasteiger partial charge in [0.15, 0.2) is 0 Å². The normalized spacial score (nSPS) is 28.1. The van der Waals surface area contributed by atoms with Crippen LogP contribution in [-0.4, -0.2) is 31.0 Å².